The van der Waals surface area contributed by atoms with Crippen LogP contribution in [0.2, 0.25) is 0 Å². The highest BCUT2D eigenvalue weighted by atomic mass is 32.1. The van der Waals surface area contributed by atoms with Gasteiger partial charge in [0.05, 0.1) is 5.92 Å². The molecule has 2 heterocycles. The SMILES string of the molecule is Cc1cc(-c2nc(-c3ccc4c(c3)CC[C@H]4NC3CC(C(=O)O)C3)no2)ccc1-c1ccsc1. The van der Waals surface area contributed by atoms with E-state index in [-0.39, 0.29) is 12.0 Å². The van der Waals surface area contributed by atoms with Gasteiger partial charge in [-0.3, -0.25) is 4.79 Å². The second kappa shape index (κ2) is 8.49. The van der Waals surface area contributed by atoms with Crippen LogP contribution in [-0.2, 0) is 11.2 Å². The van der Waals surface area contributed by atoms with Crippen LogP contribution in [0.5, 0.6) is 0 Å². The second-order valence-electron chi connectivity index (χ2n) is 9.34. The lowest BCUT2D eigenvalue weighted by atomic mass is 9.80. The molecule has 4 aromatic rings. The Morgan fingerprint density at radius 3 is 2.74 bits per heavy atom. The summed E-state index contributed by atoms with van der Waals surface area (Å²) in [6.07, 6.45) is 3.46. The molecule has 2 aromatic carbocycles. The fraction of sp³-hybridized carbons (Fsp3) is 0.296. The average Bonchev–Trinajstić information content (AvgIpc) is 3.56. The number of aryl methyl sites for hydroxylation is 2. The summed E-state index contributed by atoms with van der Waals surface area (Å²) >= 11 is 1.69. The van der Waals surface area contributed by atoms with Crippen molar-refractivity contribution in [3.8, 4) is 34.0 Å². The number of hydrogen-bond donors (Lipinski definition) is 2. The van der Waals surface area contributed by atoms with E-state index in [1.54, 1.807) is 11.3 Å². The van der Waals surface area contributed by atoms with Crippen LogP contribution in [0.3, 0.4) is 0 Å². The van der Waals surface area contributed by atoms with Crippen molar-refractivity contribution < 1.29 is 14.4 Å². The van der Waals surface area contributed by atoms with E-state index in [4.69, 9.17) is 9.63 Å². The van der Waals surface area contributed by atoms with Crippen LogP contribution in [0, 0.1) is 12.8 Å². The number of aliphatic carboxylic acids is 1. The van der Waals surface area contributed by atoms with E-state index < -0.39 is 5.97 Å². The number of carboxylic acid groups (broad SMARTS) is 1. The predicted molar refractivity (Wildman–Crippen MR) is 132 cm³/mol. The Morgan fingerprint density at radius 1 is 1.12 bits per heavy atom. The van der Waals surface area contributed by atoms with Gasteiger partial charge in [-0.25, -0.2) is 0 Å². The molecule has 0 amide bonds. The maximum absolute atomic E-state index is 11.1. The molecule has 0 bridgehead atoms. The van der Waals surface area contributed by atoms with E-state index in [0.29, 0.717) is 17.8 Å². The molecule has 0 radical (unpaired) electrons. The second-order valence-corrected chi connectivity index (χ2v) is 10.1. The van der Waals surface area contributed by atoms with Crippen molar-refractivity contribution in [3.63, 3.8) is 0 Å². The number of thiophene rings is 1. The molecule has 2 aliphatic rings. The molecule has 1 fully saturated rings. The van der Waals surface area contributed by atoms with Crippen LogP contribution < -0.4 is 5.32 Å². The van der Waals surface area contributed by atoms with Gasteiger partial charge in [-0.1, -0.05) is 23.4 Å². The zero-order valence-electron chi connectivity index (χ0n) is 18.8. The number of fused-ring (bicyclic) bond motifs is 1. The zero-order chi connectivity index (χ0) is 23.2. The van der Waals surface area contributed by atoms with E-state index in [1.807, 2.05) is 6.07 Å². The Bertz CT molecular complexity index is 1360. The summed E-state index contributed by atoms with van der Waals surface area (Å²) in [6.45, 7) is 2.10. The van der Waals surface area contributed by atoms with Crippen molar-refractivity contribution in [1.29, 1.82) is 0 Å². The molecule has 7 heteroatoms. The highest BCUT2D eigenvalue weighted by Gasteiger charge is 2.36. The Balaban J connectivity index is 1.18. The number of aromatic nitrogens is 2. The van der Waals surface area contributed by atoms with Crippen LogP contribution in [0.4, 0.5) is 0 Å². The molecule has 6 rings (SSSR count). The minimum absolute atomic E-state index is 0.191. The van der Waals surface area contributed by atoms with Gasteiger partial charge in [-0.2, -0.15) is 16.3 Å². The van der Waals surface area contributed by atoms with Gasteiger partial charge in [0.2, 0.25) is 5.82 Å². The number of benzene rings is 2. The lowest BCUT2D eigenvalue weighted by Gasteiger charge is -2.35. The normalized spacial score (nSPS) is 21.3. The van der Waals surface area contributed by atoms with Crippen molar-refractivity contribution >= 4 is 17.3 Å². The van der Waals surface area contributed by atoms with E-state index in [2.05, 4.69) is 69.5 Å². The van der Waals surface area contributed by atoms with Crippen molar-refractivity contribution in [2.75, 3.05) is 0 Å². The molecule has 0 unspecified atom stereocenters. The Morgan fingerprint density at radius 2 is 1.97 bits per heavy atom. The van der Waals surface area contributed by atoms with Crippen molar-refractivity contribution in [3.05, 3.63) is 69.9 Å². The third-order valence-electron chi connectivity index (χ3n) is 7.13. The predicted octanol–water partition coefficient (Wildman–Crippen LogP) is 5.88. The molecule has 1 saturated carbocycles. The summed E-state index contributed by atoms with van der Waals surface area (Å²) in [6, 6.07) is 15.3. The Hall–Kier alpha value is -3.29. The third-order valence-corrected chi connectivity index (χ3v) is 7.82. The van der Waals surface area contributed by atoms with Gasteiger partial charge in [-0.05, 0) is 95.4 Å². The van der Waals surface area contributed by atoms with Crippen LogP contribution in [0.25, 0.3) is 34.0 Å². The van der Waals surface area contributed by atoms with Crippen molar-refractivity contribution in [2.45, 2.75) is 44.7 Å². The molecule has 2 N–H and O–H groups in total. The molecule has 0 spiro atoms. The fourth-order valence-corrected chi connectivity index (χ4v) is 5.82. The smallest absolute Gasteiger partial charge is 0.306 e. The standard InChI is InChI=1S/C27H25N3O3S/c1-15-10-18(3-5-22(15)19-8-9-34-14-19)26-29-25(30-33-26)17-2-6-23-16(11-17)4-7-24(23)28-21-12-20(13-21)27(31)32/h2-3,5-6,8-11,14,20-21,24,28H,4,7,12-13H2,1H3,(H,31,32)/t20?,21?,24-/m1/s1. The summed E-state index contributed by atoms with van der Waals surface area (Å²) in [4.78, 5) is 15.7. The quantitative estimate of drug-likeness (QED) is 0.365. The summed E-state index contributed by atoms with van der Waals surface area (Å²) in [5, 5.41) is 21.2. The van der Waals surface area contributed by atoms with Crippen LogP contribution in [0.15, 0.2) is 57.7 Å². The number of carboxylic acids is 1. The lowest BCUT2D eigenvalue weighted by Crippen LogP contribution is -2.45. The van der Waals surface area contributed by atoms with Gasteiger partial charge in [0.1, 0.15) is 0 Å². The van der Waals surface area contributed by atoms with Gasteiger partial charge in [-0.15, -0.1) is 0 Å². The molecule has 0 aliphatic heterocycles. The van der Waals surface area contributed by atoms with Crippen molar-refractivity contribution in [1.82, 2.24) is 15.5 Å². The summed E-state index contributed by atoms with van der Waals surface area (Å²) in [5.41, 5.74) is 8.08. The topological polar surface area (TPSA) is 88.2 Å². The van der Waals surface area contributed by atoms with Gasteiger partial charge in [0.15, 0.2) is 0 Å². The molecule has 34 heavy (non-hydrogen) atoms. The van der Waals surface area contributed by atoms with Crippen LogP contribution >= 0.6 is 11.3 Å². The molecule has 0 saturated heterocycles. The summed E-state index contributed by atoms with van der Waals surface area (Å²) < 4.78 is 5.62. The maximum Gasteiger partial charge on any atom is 0.306 e. The Labute approximate surface area is 201 Å². The number of rotatable bonds is 6. The maximum atomic E-state index is 11.1. The minimum atomic E-state index is -0.678. The monoisotopic (exact) mass is 471 g/mol. The molecule has 1 atom stereocenters. The highest BCUT2D eigenvalue weighted by Crippen LogP contribution is 2.37. The summed E-state index contributed by atoms with van der Waals surface area (Å²) in [7, 11) is 0. The fourth-order valence-electron chi connectivity index (χ4n) is 5.17. The lowest BCUT2D eigenvalue weighted by molar-refractivity contribution is -0.145. The van der Waals surface area contributed by atoms with E-state index in [9.17, 15) is 4.79 Å². The van der Waals surface area contributed by atoms with Crippen molar-refractivity contribution in [2.24, 2.45) is 5.92 Å². The van der Waals surface area contributed by atoms with Crippen LogP contribution in [0.1, 0.15) is 42.0 Å². The first kappa shape index (κ1) is 21.3. The third kappa shape index (κ3) is 3.85. The first-order valence-electron chi connectivity index (χ1n) is 11.6. The van der Waals surface area contributed by atoms with Gasteiger partial charge < -0.3 is 14.9 Å². The van der Waals surface area contributed by atoms with E-state index in [0.717, 1.165) is 36.8 Å². The molecular weight excluding hydrogens is 446 g/mol. The average molecular weight is 472 g/mol. The van der Waals surface area contributed by atoms with E-state index >= 15 is 0 Å². The van der Waals surface area contributed by atoms with Gasteiger partial charge in [0.25, 0.3) is 5.89 Å². The molecule has 6 nitrogen and oxygen atoms in total. The van der Waals surface area contributed by atoms with Crippen LogP contribution in [-0.4, -0.2) is 27.3 Å². The number of hydrogen-bond acceptors (Lipinski definition) is 6. The zero-order valence-corrected chi connectivity index (χ0v) is 19.6. The number of carbonyl (C=O) groups is 1. The van der Waals surface area contributed by atoms with E-state index in [1.165, 1.54) is 27.8 Å². The Kier molecular flexibility index (Phi) is 5.31. The van der Waals surface area contributed by atoms with Gasteiger partial charge in [0, 0.05) is 23.2 Å². The number of nitrogens with zero attached hydrogens (tertiary/aromatic N) is 2. The summed E-state index contributed by atoms with van der Waals surface area (Å²) in [5.74, 6) is 0.247. The highest BCUT2D eigenvalue weighted by molar-refractivity contribution is 7.08. The molecular formula is C27H25N3O3S. The molecule has 2 aromatic heterocycles. The minimum Gasteiger partial charge on any atom is -0.481 e. The molecule has 2 aliphatic carbocycles. The first-order valence-corrected chi connectivity index (χ1v) is 12.6. The first-order chi connectivity index (χ1) is 16.5. The number of nitrogens with one attached hydrogen (secondary N) is 1. The molecule has 172 valence electrons. The largest absolute Gasteiger partial charge is 0.481 e. The van der Waals surface area contributed by atoms with Gasteiger partial charge >= 0.3 is 5.97 Å².